The Hall–Kier alpha value is -1.75. The lowest BCUT2D eigenvalue weighted by molar-refractivity contribution is 0.138. The molecule has 6 heteroatoms. The van der Waals surface area contributed by atoms with Crippen LogP contribution in [0.15, 0.2) is 36.5 Å². The number of anilines is 1. The highest BCUT2D eigenvalue weighted by Crippen LogP contribution is 2.39. The Morgan fingerprint density at radius 2 is 1.92 bits per heavy atom. The molecule has 3 heterocycles. The van der Waals surface area contributed by atoms with Gasteiger partial charge in [0.25, 0.3) is 0 Å². The predicted octanol–water partition coefficient (Wildman–Crippen LogP) is 4.73. The molecule has 1 spiro atoms. The van der Waals surface area contributed by atoms with E-state index >= 15 is 0 Å². The second-order valence-electron chi connectivity index (χ2n) is 7.55. The minimum atomic E-state index is 0.486. The van der Waals surface area contributed by atoms with E-state index < -0.39 is 0 Å². The number of halogens is 2. The van der Waals surface area contributed by atoms with Gasteiger partial charge in [-0.05, 0) is 36.6 Å². The van der Waals surface area contributed by atoms with E-state index in [2.05, 4.69) is 44.7 Å². The normalized spacial score (nSPS) is 19.1. The van der Waals surface area contributed by atoms with Gasteiger partial charge in [0.05, 0.1) is 21.8 Å². The van der Waals surface area contributed by atoms with Crippen LogP contribution < -0.4 is 10.2 Å². The van der Waals surface area contributed by atoms with Crippen LogP contribution in [0.4, 0.5) is 5.69 Å². The van der Waals surface area contributed by atoms with Crippen molar-refractivity contribution >= 4 is 39.8 Å². The molecule has 1 aromatic heterocycles. The molecule has 2 aliphatic rings. The summed E-state index contributed by atoms with van der Waals surface area (Å²) >= 11 is 13.0. The molecule has 5 rings (SSSR count). The first-order chi connectivity index (χ1) is 12.7. The second-order valence-corrected chi connectivity index (χ2v) is 8.34. The predicted molar refractivity (Wildman–Crippen MR) is 108 cm³/mol. The van der Waals surface area contributed by atoms with E-state index in [4.69, 9.17) is 23.2 Å². The number of hydrogen-bond donors (Lipinski definition) is 2. The summed E-state index contributed by atoms with van der Waals surface area (Å²) in [6.45, 7) is 4.58. The van der Waals surface area contributed by atoms with E-state index in [1.807, 2.05) is 6.07 Å². The van der Waals surface area contributed by atoms with Crippen molar-refractivity contribution in [3.63, 3.8) is 0 Å². The maximum Gasteiger partial charge on any atom is 0.0857 e. The monoisotopic (exact) mass is 386 g/mol. The fraction of sp³-hybridized carbons (Fsp3) is 0.350. The first-order valence-corrected chi connectivity index (χ1v) is 9.78. The van der Waals surface area contributed by atoms with Crippen molar-refractivity contribution in [3.8, 4) is 11.1 Å². The van der Waals surface area contributed by atoms with Crippen molar-refractivity contribution < 1.29 is 0 Å². The lowest BCUT2D eigenvalue weighted by Crippen LogP contribution is -2.61. The molecule has 0 saturated carbocycles. The molecular weight excluding hydrogens is 367 g/mol. The SMILES string of the molecule is Clc1cc(-c2ccc(N3CCCC4(CNC4)C3)cc2)c(Cl)c2[nH]ncc12. The van der Waals surface area contributed by atoms with E-state index in [9.17, 15) is 0 Å². The molecule has 0 radical (unpaired) electrons. The van der Waals surface area contributed by atoms with Crippen molar-refractivity contribution in [1.82, 2.24) is 15.5 Å². The van der Waals surface area contributed by atoms with Gasteiger partial charge in [-0.25, -0.2) is 0 Å². The van der Waals surface area contributed by atoms with Gasteiger partial charge in [-0.15, -0.1) is 0 Å². The second kappa shape index (κ2) is 6.15. The third kappa shape index (κ3) is 2.59. The van der Waals surface area contributed by atoms with Gasteiger partial charge in [-0.1, -0.05) is 35.3 Å². The van der Waals surface area contributed by atoms with Crippen LogP contribution in [0, 0.1) is 5.41 Å². The number of aromatic nitrogens is 2. The summed E-state index contributed by atoms with van der Waals surface area (Å²) in [6.07, 6.45) is 4.31. The van der Waals surface area contributed by atoms with Crippen LogP contribution in [-0.4, -0.2) is 36.4 Å². The van der Waals surface area contributed by atoms with Crippen LogP contribution in [0.25, 0.3) is 22.0 Å². The molecule has 0 unspecified atom stereocenters. The number of aromatic amines is 1. The summed E-state index contributed by atoms with van der Waals surface area (Å²) < 4.78 is 0. The molecule has 2 saturated heterocycles. The first-order valence-electron chi connectivity index (χ1n) is 9.02. The Labute approximate surface area is 162 Å². The summed E-state index contributed by atoms with van der Waals surface area (Å²) in [5, 5.41) is 12.6. The third-order valence-corrected chi connectivity index (χ3v) is 6.53. The molecular formula is C20H20Cl2N4. The largest absolute Gasteiger partial charge is 0.371 e. The summed E-state index contributed by atoms with van der Waals surface area (Å²) in [6, 6.07) is 10.6. The number of hydrogen-bond acceptors (Lipinski definition) is 3. The van der Waals surface area contributed by atoms with E-state index in [-0.39, 0.29) is 0 Å². The number of rotatable bonds is 2. The maximum atomic E-state index is 6.59. The zero-order valence-electron chi connectivity index (χ0n) is 14.4. The molecule has 2 aromatic carbocycles. The van der Waals surface area contributed by atoms with Crippen LogP contribution in [0.1, 0.15) is 12.8 Å². The minimum absolute atomic E-state index is 0.486. The van der Waals surface area contributed by atoms with Crippen LogP contribution in [0.5, 0.6) is 0 Å². The Bertz CT molecular complexity index is 960. The van der Waals surface area contributed by atoms with Crippen LogP contribution in [0.2, 0.25) is 10.0 Å². The van der Waals surface area contributed by atoms with Crippen molar-refractivity contribution in [2.75, 3.05) is 31.1 Å². The van der Waals surface area contributed by atoms with Gasteiger partial charge in [-0.2, -0.15) is 5.10 Å². The summed E-state index contributed by atoms with van der Waals surface area (Å²) in [7, 11) is 0. The van der Waals surface area contributed by atoms with E-state index in [0.29, 0.717) is 15.5 Å². The zero-order chi connectivity index (χ0) is 17.7. The number of benzene rings is 2. The molecule has 2 aliphatic heterocycles. The smallest absolute Gasteiger partial charge is 0.0857 e. The van der Waals surface area contributed by atoms with Gasteiger partial charge in [0.2, 0.25) is 0 Å². The minimum Gasteiger partial charge on any atom is -0.371 e. The topological polar surface area (TPSA) is 44.0 Å². The van der Waals surface area contributed by atoms with Crippen molar-refractivity contribution in [2.24, 2.45) is 5.41 Å². The zero-order valence-corrected chi connectivity index (χ0v) is 15.9. The van der Waals surface area contributed by atoms with Gasteiger partial charge < -0.3 is 10.2 Å². The Kier molecular flexibility index (Phi) is 3.89. The average Bonchev–Trinajstić information content (AvgIpc) is 3.15. The molecule has 0 atom stereocenters. The highest BCUT2D eigenvalue weighted by molar-refractivity contribution is 6.42. The fourth-order valence-corrected chi connectivity index (χ4v) is 4.85. The number of nitrogens with zero attached hydrogens (tertiary/aromatic N) is 2. The highest BCUT2D eigenvalue weighted by atomic mass is 35.5. The van der Waals surface area contributed by atoms with Gasteiger partial charge in [-0.3, -0.25) is 5.10 Å². The average molecular weight is 387 g/mol. The number of fused-ring (bicyclic) bond motifs is 1. The molecule has 3 aromatic rings. The molecule has 4 nitrogen and oxygen atoms in total. The molecule has 134 valence electrons. The number of nitrogens with one attached hydrogen (secondary N) is 2. The standard InChI is InChI=1S/C20H20Cl2N4/c21-17-8-15(18(22)19-16(17)9-24-25-19)13-2-4-14(5-3-13)26-7-1-6-20(12-26)10-23-11-20/h2-5,8-9,23H,1,6-7,10-12H2,(H,24,25). The molecule has 26 heavy (non-hydrogen) atoms. The summed E-state index contributed by atoms with van der Waals surface area (Å²) in [5.41, 5.74) is 4.55. The van der Waals surface area contributed by atoms with Crippen LogP contribution in [-0.2, 0) is 0 Å². The van der Waals surface area contributed by atoms with E-state index in [0.717, 1.165) is 48.2 Å². The van der Waals surface area contributed by atoms with Gasteiger partial charge in [0.15, 0.2) is 0 Å². The lowest BCUT2D eigenvalue weighted by Gasteiger charge is -2.50. The Morgan fingerprint density at radius 1 is 1.12 bits per heavy atom. The van der Waals surface area contributed by atoms with Crippen molar-refractivity contribution in [1.29, 1.82) is 0 Å². The summed E-state index contributed by atoms with van der Waals surface area (Å²) in [4.78, 5) is 2.51. The fourth-order valence-electron chi connectivity index (χ4n) is 4.29. The van der Waals surface area contributed by atoms with Crippen LogP contribution in [0.3, 0.4) is 0 Å². The Morgan fingerprint density at radius 3 is 2.65 bits per heavy atom. The number of piperidine rings is 1. The highest BCUT2D eigenvalue weighted by Gasteiger charge is 2.40. The first kappa shape index (κ1) is 16.4. The third-order valence-electron chi connectivity index (χ3n) is 5.83. The molecule has 2 fully saturated rings. The van der Waals surface area contributed by atoms with Gasteiger partial charge >= 0.3 is 0 Å². The molecule has 2 N–H and O–H groups in total. The Balaban J connectivity index is 1.46. The van der Waals surface area contributed by atoms with Crippen molar-refractivity contribution in [3.05, 3.63) is 46.6 Å². The molecule has 0 amide bonds. The lowest BCUT2D eigenvalue weighted by atomic mass is 9.75. The van der Waals surface area contributed by atoms with E-state index in [1.54, 1.807) is 6.20 Å². The van der Waals surface area contributed by atoms with E-state index in [1.165, 1.54) is 18.5 Å². The van der Waals surface area contributed by atoms with Crippen molar-refractivity contribution in [2.45, 2.75) is 12.8 Å². The quantitative estimate of drug-likeness (QED) is 0.669. The van der Waals surface area contributed by atoms with Crippen LogP contribution >= 0.6 is 23.2 Å². The van der Waals surface area contributed by atoms with Gasteiger partial charge in [0.1, 0.15) is 0 Å². The number of H-pyrrole nitrogens is 1. The molecule has 0 aliphatic carbocycles. The molecule has 0 bridgehead atoms. The van der Waals surface area contributed by atoms with Gasteiger partial charge in [0, 0.05) is 48.2 Å². The maximum absolute atomic E-state index is 6.59. The summed E-state index contributed by atoms with van der Waals surface area (Å²) in [5.74, 6) is 0.